The number of carbonyl (C=O) groups is 2. The van der Waals surface area contributed by atoms with E-state index in [4.69, 9.17) is 16.6 Å². The lowest BCUT2D eigenvalue weighted by Crippen LogP contribution is -2.48. The van der Waals surface area contributed by atoms with Crippen molar-refractivity contribution in [1.82, 2.24) is 0 Å². The van der Waals surface area contributed by atoms with Crippen LogP contribution in [0.3, 0.4) is 0 Å². The van der Waals surface area contributed by atoms with Crippen LogP contribution < -0.4 is 11.5 Å². The number of Topliss-reactive ketones (excluding diaryl/α,β-unsaturated/α-hetero) is 1. The minimum Gasteiger partial charge on any atom is -0.480 e. The molecule has 0 aromatic rings. The molecule has 0 aliphatic rings. The molecule has 76 valence electrons. The number of hydrogen-bond acceptors (Lipinski definition) is 4. The Balaban J connectivity index is 4.17. The van der Waals surface area contributed by atoms with Crippen LogP contribution in [0.25, 0.3) is 0 Å². The second-order valence-corrected chi connectivity index (χ2v) is 3.45. The lowest BCUT2D eigenvalue weighted by atomic mass is 9.97. The van der Waals surface area contributed by atoms with E-state index in [1.807, 2.05) is 13.8 Å². The van der Waals surface area contributed by atoms with Crippen molar-refractivity contribution in [3.05, 3.63) is 0 Å². The van der Waals surface area contributed by atoms with Gasteiger partial charge in [0.15, 0.2) is 11.8 Å². The monoisotopic (exact) mass is 188 g/mol. The van der Waals surface area contributed by atoms with Gasteiger partial charge in [-0.3, -0.25) is 9.59 Å². The molecular formula is C8H16N2O3. The molecule has 0 saturated carbocycles. The quantitative estimate of drug-likeness (QED) is 0.496. The molecule has 13 heavy (non-hydrogen) atoms. The Kier molecular flexibility index (Phi) is 4.58. The molecule has 0 fully saturated rings. The van der Waals surface area contributed by atoms with Crippen molar-refractivity contribution in [1.29, 1.82) is 0 Å². The molecule has 0 aromatic heterocycles. The van der Waals surface area contributed by atoms with Crippen LogP contribution in [-0.4, -0.2) is 28.9 Å². The molecule has 5 nitrogen and oxygen atoms in total. The summed E-state index contributed by atoms with van der Waals surface area (Å²) >= 11 is 0. The highest BCUT2D eigenvalue weighted by molar-refractivity contribution is 6.04. The number of ketones is 1. The van der Waals surface area contributed by atoms with Gasteiger partial charge in [0.2, 0.25) is 0 Å². The second kappa shape index (κ2) is 4.94. The second-order valence-electron chi connectivity index (χ2n) is 3.45. The number of carboxylic acids is 1. The van der Waals surface area contributed by atoms with Crippen molar-refractivity contribution in [3.63, 3.8) is 0 Å². The van der Waals surface area contributed by atoms with Crippen LogP contribution in [0.1, 0.15) is 20.3 Å². The molecule has 5 N–H and O–H groups in total. The predicted octanol–water partition coefficient (Wildman–Crippen LogP) is -0.659. The highest BCUT2D eigenvalue weighted by atomic mass is 16.4. The highest BCUT2D eigenvalue weighted by Crippen LogP contribution is 2.04. The summed E-state index contributed by atoms with van der Waals surface area (Å²) in [6, 6.07) is -2.26. The number of carbonyl (C=O) groups excluding carboxylic acids is 1. The third-order valence-corrected chi connectivity index (χ3v) is 1.66. The molecule has 0 aromatic carbocycles. The first-order valence-corrected chi connectivity index (χ1v) is 4.14. The zero-order valence-electron chi connectivity index (χ0n) is 7.86. The zero-order chi connectivity index (χ0) is 10.6. The summed E-state index contributed by atoms with van der Waals surface area (Å²) in [5, 5.41) is 8.43. The average molecular weight is 188 g/mol. The topological polar surface area (TPSA) is 106 Å². The normalized spacial score (nSPS) is 15.5. The van der Waals surface area contributed by atoms with E-state index in [0.29, 0.717) is 6.42 Å². The molecular weight excluding hydrogens is 172 g/mol. The van der Waals surface area contributed by atoms with E-state index in [2.05, 4.69) is 0 Å². The standard InChI is InChI=1S/C8H16N2O3/c1-4(2)3-5(9)7(11)6(10)8(12)13/h4-6H,3,9-10H2,1-2H3,(H,12,13)/t5-,6?/m0/s1. The van der Waals surface area contributed by atoms with Crippen molar-refractivity contribution in [2.45, 2.75) is 32.4 Å². The number of aliphatic carboxylic acids is 1. The molecule has 5 heteroatoms. The average Bonchev–Trinajstić information content (AvgIpc) is 2.00. The maximum Gasteiger partial charge on any atom is 0.328 e. The van der Waals surface area contributed by atoms with Gasteiger partial charge in [0.05, 0.1) is 6.04 Å². The van der Waals surface area contributed by atoms with Crippen molar-refractivity contribution < 1.29 is 14.7 Å². The summed E-state index contributed by atoms with van der Waals surface area (Å²) in [5.41, 5.74) is 10.6. The SMILES string of the molecule is CC(C)C[C@H](N)C(=O)C(N)C(=O)O. The smallest absolute Gasteiger partial charge is 0.328 e. The third kappa shape index (κ3) is 4.00. The van der Waals surface area contributed by atoms with Gasteiger partial charge >= 0.3 is 5.97 Å². The Bertz CT molecular complexity index is 204. The molecule has 0 heterocycles. The molecule has 2 atom stereocenters. The summed E-state index contributed by atoms with van der Waals surface area (Å²) in [7, 11) is 0. The fraction of sp³-hybridized carbons (Fsp3) is 0.750. The maximum atomic E-state index is 11.2. The number of hydrogen-bond donors (Lipinski definition) is 3. The summed E-state index contributed by atoms with van der Waals surface area (Å²) in [4.78, 5) is 21.5. The minimum absolute atomic E-state index is 0.250. The van der Waals surface area contributed by atoms with Gasteiger partial charge in [-0.15, -0.1) is 0 Å². The Morgan fingerprint density at radius 3 is 2.08 bits per heavy atom. The van der Waals surface area contributed by atoms with Crippen LogP contribution in [0.4, 0.5) is 0 Å². The van der Waals surface area contributed by atoms with Gasteiger partial charge < -0.3 is 16.6 Å². The van der Waals surface area contributed by atoms with Gasteiger partial charge in [-0.05, 0) is 12.3 Å². The van der Waals surface area contributed by atoms with Crippen LogP contribution in [0.5, 0.6) is 0 Å². The fourth-order valence-electron chi connectivity index (χ4n) is 0.976. The lowest BCUT2D eigenvalue weighted by molar-refractivity contribution is -0.142. The van der Waals surface area contributed by atoms with Crippen molar-refractivity contribution >= 4 is 11.8 Å². The van der Waals surface area contributed by atoms with Crippen LogP contribution in [0.2, 0.25) is 0 Å². The molecule has 0 amide bonds. The van der Waals surface area contributed by atoms with Gasteiger partial charge in [-0.2, -0.15) is 0 Å². The molecule has 1 unspecified atom stereocenters. The largest absolute Gasteiger partial charge is 0.480 e. The molecule has 0 aliphatic heterocycles. The van der Waals surface area contributed by atoms with E-state index >= 15 is 0 Å². The summed E-state index contributed by atoms with van der Waals surface area (Å²) < 4.78 is 0. The summed E-state index contributed by atoms with van der Waals surface area (Å²) in [6.45, 7) is 3.80. The molecule has 0 spiro atoms. The molecule has 0 rings (SSSR count). The zero-order valence-corrected chi connectivity index (χ0v) is 7.86. The van der Waals surface area contributed by atoms with Crippen LogP contribution in [0, 0.1) is 5.92 Å². The van der Waals surface area contributed by atoms with Gasteiger partial charge in [0, 0.05) is 0 Å². The minimum atomic E-state index is -1.49. The molecule has 0 radical (unpaired) electrons. The Labute approximate surface area is 77.1 Å². The third-order valence-electron chi connectivity index (χ3n) is 1.66. The van der Waals surface area contributed by atoms with E-state index < -0.39 is 23.8 Å². The molecule has 0 bridgehead atoms. The fourth-order valence-corrected chi connectivity index (χ4v) is 0.976. The van der Waals surface area contributed by atoms with Crippen molar-refractivity contribution in [2.24, 2.45) is 17.4 Å². The first kappa shape index (κ1) is 12.1. The summed E-state index contributed by atoms with van der Waals surface area (Å²) in [6.07, 6.45) is 0.458. The summed E-state index contributed by atoms with van der Waals surface area (Å²) in [5.74, 6) is -1.69. The maximum absolute atomic E-state index is 11.2. The number of nitrogens with two attached hydrogens (primary N) is 2. The van der Waals surface area contributed by atoms with Crippen molar-refractivity contribution in [2.75, 3.05) is 0 Å². The van der Waals surface area contributed by atoms with Crippen LogP contribution in [-0.2, 0) is 9.59 Å². The number of carboxylic acid groups (broad SMARTS) is 1. The Morgan fingerprint density at radius 2 is 1.77 bits per heavy atom. The van der Waals surface area contributed by atoms with Crippen LogP contribution in [0.15, 0.2) is 0 Å². The van der Waals surface area contributed by atoms with E-state index in [9.17, 15) is 9.59 Å². The van der Waals surface area contributed by atoms with E-state index in [1.165, 1.54) is 0 Å². The first-order chi connectivity index (χ1) is 5.86. The highest BCUT2D eigenvalue weighted by Gasteiger charge is 2.26. The van der Waals surface area contributed by atoms with E-state index in [0.717, 1.165) is 0 Å². The lowest BCUT2D eigenvalue weighted by Gasteiger charge is -2.14. The predicted molar refractivity (Wildman–Crippen MR) is 48.0 cm³/mol. The van der Waals surface area contributed by atoms with Gasteiger partial charge in [-0.1, -0.05) is 13.8 Å². The molecule has 0 aliphatic carbocycles. The number of rotatable bonds is 5. The van der Waals surface area contributed by atoms with Gasteiger partial charge in [0.1, 0.15) is 0 Å². The van der Waals surface area contributed by atoms with Gasteiger partial charge in [0.25, 0.3) is 0 Å². The van der Waals surface area contributed by atoms with E-state index in [-0.39, 0.29) is 5.92 Å². The van der Waals surface area contributed by atoms with E-state index in [1.54, 1.807) is 0 Å². The van der Waals surface area contributed by atoms with Gasteiger partial charge in [-0.25, -0.2) is 0 Å². The molecule has 0 saturated heterocycles. The van der Waals surface area contributed by atoms with Crippen LogP contribution >= 0.6 is 0 Å². The Hall–Kier alpha value is -0.940. The first-order valence-electron chi connectivity index (χ1n) is 4.14. The Morgan fingerprint density at radius 1 is 1.31 bits per heavy atom. The van der Waals surface area contributed by atoms with Crippen molar-refractivity contribution in [3.8, 4) is 0 Å².